The number of hydrogen-bond donors (Lipinski definition) is 2. The summed E-state index contributed by atoms with van der Waals surface area (Å²) in [5.41, 5.74) is 6.89. The van der Waals surface area contributed by atoms with Crippen LogP contribution in [0.4, 0.5) is 11.9 Å². The minimum absolute atomic E-state index is 0.415. The lowest BCUT2D eigenvalue weighted by atomic mass is 10.2. The average molecular weight is 264 g/mol. The number of nitrogens with one attached hydrogen (secondary N) is 1. The highest BCUT2D eigenvalue weighted by molar-refractivity contribution is 6.30. The highest BCUT2D eigenvalue weighted by atomic mass is 35.5. The normalized spacial score (nSPS) is 14.7. The Morgan fingerprint density at radius 1 is 1.44 bits per heavy atom. The minimum Gasteiger partial charge on any atom is -0.368 e. The van der Waals surface area contributed by atoms with Crippen molar-refractivity contribution in [3.05, 3.63) is 34.9 Å². The van der Waals surface area contributed by atoms with E-state index in [0.717, 1.165) is 5.56 Å². The van der Waals surface area contributed by atoms with Gasteiger partial charge in [-0.2, -0.15) is 4.98 Å². The lowest BCUT2D eigenvalue weighted by Gasteiger charge is -2.03. The molecule has 5 nitrogen and oxygen atoms in total. The summed E-state index contributed by atoms with van der Waals surface area (Å²) in [4.78, 5) is 4.19. The van der Waals surface area contributed by atoms with Gasteiger partial charge < -0.3 is 11.1 Å². The number of halogens is 1. The first-order valence-electron chi connectivity index (χ1n) is 5.92. The molecule has 0 amide bonds. The van der Waals surface area contributed by atoms with Crippen molar-refractivity contribution in [2.45, 2.75) is 25.4 Å². The summed E-state index contributed by atoms with van der Waals surface area (Å²) in [5, 5.41) is 8.28. The number of nitrogen functional groups attached to an aromatic ring is 1. The van der Waals surface area contributed by atoms with Crippen LogP contribution in [0.25, 0.3) is 0 Å². The first-order valence-corrected chi connectivity index (χ1v) is 6.30. The molecule has 3 N–H and O–H groups in total. The topological polar surface area (TPSA) is 68.8 Å². The molecule has 0 spiro atoms. The van der Waals surface area contributed by atoms with E-state index in [-0.39, 0.29) is 0 Å². The molecule has 0 bridgehead atoms. The smallest absolute Gasteiger partial charge is 0.244 e. The van der Waals surface area contributed by atoms with E-state index in [0.29, 0.717) is 29.5 Å². The molecule has 6 heteroatoms. The van der Waals surface area contributed by atoms with Crippen LogP contribution in [0.3, 0.4) is 0 Å². The van der Waals surface area contributed by atoms with Gasteiger partial charge in [-0.05, 0) is 30.5 Å². The molecule has 1 aliphatic carbocycles. The molecule has 1 aromatic heterocycles. The molecule has 2 aromatic rings. The van der Waals surface area contributed by atoms with Gasteiger partial charge in [-0.25, -0.2) is 4.68 Å². The quantitative estimate of drug-likeness (QED) is 0.887. The predicted molar refractivity (Wildman–Crippen MR) is 71.6 cm³/mol. The summed E-state index contributed by atoms with van der Waals surface area (Å²) in [6, 6.07) is 8.16. The standard InChI is InChI=1S/C12H14ClN5/c13-9-3-1-2-8(6-9)7-18-11(14)16-12(17-18)15-10-4-5-10/h1-3,6,10H,4-5,7H2,(H3,14,15,16,17). The molecular weight excluding hydrogens is 250 g/mol. The number of nitrogens with zero attached hydrogens (tertiary/aromatic N) is 3. The lowest BCUT2D eigenvalue weighted by Crippen LogP contribution is -2.07. The van der Waals surface area contributed by atoms with Crippen LogP contribution in [0.1, 0.15) is 18.4 Å². The van der Waals surface area contributed by atoms with Crippen LogP contribution in [0.5, 0.6) is 0 Å². The van der Waals surface area contributed by atoms with Gasteiger partial charge in [0.2, 0.25) is 11.9 Å². The second-order valence-corrected chi connectivity index (χ2v) is 4.94. The van der Waals surface area contributed by atoms with E-state index < -0.39 is 0 Å². The zero-order valence-electron chi connectivity index (χ0n) is 9.81. The van der Waals surface area contributed by atoms with Gasteiger partial charge in [0, 0.05) is 11.1 Å². The van der Waals surface area contributed by atoms with Crippen LogP contribution in [0, 0.1) is 0 Å². The van der Waals surface area contributed by atoms with Crippen molar-refractivity contribution in [1.82, 2.24) is 14.8 Å². The fourth-order valence-electron chi connectivity index (χ4n) is 1.75. The maximum absolute atomic E-state index is 5.94. The molecule has 3 rings (SSSR count). The summed E-state index contributed by atoms with van der Waals surface area (Å²) in [6.45, 7) is 0.575. The van der Waals surface area contributed by atoms with Gasteiger partial charge in [0.05, 0.1) is 6.54 Å². The molecule has 0 atom stereocenters. The lowest BCUT2D eigenvalue weighted by molar-refractivity contribution is 0.697. The van der Waals surface area contributed by atoms with E-state index in [4.69, 9.17) is 17.3 Å². The monoisotopic (exact) mass is 263 g/mol. The maximum atomic E-state index is 5.94. The SMILES string of the molecule is Nc1nc(NC2CC2)nn1Cc1cccc(Cl)c1. The van der Waals surface area contributed by atoms with Crippen LogP contribution in [0.15, 0.2) is 24.3 Å². The zero-order chi connectivity index (χ0) is 12.5. The van der Waals surface area contributed by atoms with Gasteiger partial charge in [-0.15, -0.1) is 5.10 Å². The van der Waals surface area contributed by atoms with Crippen LogP contribution < -0.4 is 11.1 Å². The first kappa shape index (κ1) is 11.3. The number of aromatic nitrogens is 3. The van der Waals surface area contributed by atoms with E-state index >= 15 is 0 Å². The molecule has 1 heterocycles. The van der Waals surface area contributed by atoms with Gasteiger partial charge in [0.1, 0.15) is 0 Å². The zero-order valence-corrected chi connectivity index (χ0v) is 10.6. The van der Waals surface area contributed by atoms with E-state index in [1.807, 2.05) is 24.3 Å². The molecule has 0 aliphatic heterocycles. The van der Waals surface area contributed by atoms with Gasteiger partial charge >= 0.3 is 0 Å². The van der Waals surface area contributed by atoms with Gasteiger partial charge in [0.25, 0.3) is 0 Å². The number of nitrogens with two attached hydrogens (primary N) is 1. The summed E-state index contributed by atoms with van der Waals surface area (Å²) in [7, 11) is 0. The Balaban J connectivity index is 1.77. The second-order valence-electron chi connectivity index (χ2n) is 4.50. The van der Waals surface area contributed by atoms with E-state index in [1.54, 1.807) is 4.68 Å². The highest BCUT2D eigenvalue weighted by Gasteiger charge is 2.22. The summed E-state index contributed by atoms with van der Waals surface area (Å²) >= 11 is 5.94. The average Bonchev–Trinajstić information content (AvgIpc) is 3.05. The van der Waals surface area contributed by atoms with Crippen molar-refractivity contribution >= 4 is 23.5 Å². The van der Waals surface area contributed by atoms with Crippen molar-refractivity contribution in [3.63, 3.8) is 0 Å². The molecule has 1 saturated carbocycles. The Morgan fingerprint density at radius 2 is 2.28 bits per heavy atom. The number of benzene rings is 1. The van der Waals surface area contributed by atoms with Gasteiger partial charge in [0.15, 0.2) is 0 Å². The maximum Gasteiger partial charge on any atom is 0.244 e. The van der Waals surface area contributed by atoms with E-state index in [1.165, 1.54) is 12.8 Å². The van der Waals surface area contributed by atoms with Gasteiger partial charge in [-0.3, -0.25) is 0 Å². The highest BCUT2D eigenvalue weighted by Crippen LogP contribution is 2.23. The second kappa shape index (κ2) is 4.49. The molecule has 1 aromatic carbocycles. The Hall–Kier alpha value is -1.75. The molecule has 18 heavy (non-hydrogen) atoms. The molecule has 0 radical (unpaired) electrons. The van der Waals surface area contributed by atoms with Crippen molar-refractivity contribution in [1.29, 1.82) is 0 Å². The minimum atomic E-state index is 0.415. The van der Waals surface area contributed by atoms with Crippen LogP contribution in [0.2, 0.25) is 5.02 Å². The number of hydrogen-bond acceptors (Lipinski definition) is 4. The fraction of sp³-hybridized carbons (Fsp3) is 0.333. The molecule has 1 fully saturated rings. The Kier molecular flexibility index (Phi) is 2.83. The van der Waals surface area contributed by atoms with Crippen LogP contribution in [-0.4, -0.2) is 20.8 Å². The van der Waals surface area contributed by atoms with Crippen LogP contribution >= 0.6 is 11.6 Å². The largest absolute Gasteiger partial charge is 0.368 e. The molecule has 0 saturated heterocycles. The summed E-state index contributed by atoms with van der Waals surface area (Å²) < 4.78 is 1.68. The van der Waals surface area contributed by atoms with Gasteiger partial charge in [-0.1, -0.05) is 23.7 Å². The molecule has 1 aliphatic rings. The Bertz CT molecular complexity index is 561. The third-order valence-corrected chi connectivity index (χ3v) is 3.07. The van der Waals surface area contributed by atoms with Crippen molar-refractivity contribution in [3.8, 4) is 0 Å². The fourth-order valence-corrected chi connectivity index (χ4v) is 1.96. The molecular formula is C12H14ClN5. The van der Waals surface area contributed by atoms with E-state index in [2.05, 4.69) is 15.4 Å². The van der Waals surface area contributed by atoms with Crippen molar-refractivity contribution in [2.75, 3.05) is 11.1 Å². The number of rotatable bonds is 4. The Labute approximate surface area is 110 Å². The van der Waals surface area contributed by atoms with Crippen molar-refractivity contribution in [2.24, 2.45) is 0 Å². The third kappa shape index (κ3) is 2.56. The predicted octanol–water partition coefficient (Wildman–Crippen LogP) is 2.14. The summed E-state index contributed by atoms with van der Waals surface area (Å²) in [5.74, 6) is 1.02. The molecule has 94 valence electrons. The molecule has 0 unspecified atom stereocenters. The van der Waals surface area contributed by atoms with Crippen LogP contribution in [-0.2, 0) is 6.54 Å². The number of anilines is 2. The first-order chi connectivity index (χ1) is 8.70. The van der Waals surface area contributed by atoms with E-state index in [9.17, 15) is 0 Å². The summed E-state index contributed by atoms with van der Waals surface area (Å²) in [6.07, 6.45) is 2.37. The van der Waals surface area contributed by atoms with Crippen molar-refractivity contribution < 1.29 is 0 Å². The Morgan fingerprint density at radius 3 is 3.00 bits per heavy atom. The third-order valence-electron chi connectivity index (χ3n) is 2.83.